The van der Waals surface area contributed by atoms with E-state index in [-0.39, 0.29) is 6.04 Å². The van der Waals surface area contributed by atoms with Crippen LogP contribution in [0.25, 0.3) is 0 Å². The van der Waals surface area contributed by atoms with Crippen molar-refractivity contribution in [2.24, 2.45) is 0 Å². The number of rotatable bonds is 4. The summed E-state index contributed by atoms with van der Waals surface area (Å²) in [6.07, 6.45) is 2.09. The molecule has 0 spiro atoms. The van der Waals surface area contributed by atoms with Gasteiger partial charge >= 0.3 is 0 Å². The Bertz CT molecular complexity index is 527. The lowest BCUT2D eigenvalue weighted by Gasteiger charge is -2.18. The highest BCUT2D eigenvalue weighted by Gasteiger charge is 2.07. The van der Waals surface area contributed by atoms with Crippen molar-refractivity contribution < 1.29 is 0 Å². The molecule has 1 atom stereocenters. The van der Waals surface area contributed by atoms with Gasteiger partial charge in [-0.15, -0.1) is 11.8 Å². The molecule has 2 rings (SSSR count). The predicted octanol–water partition coefficient (Wildman–Crippen LogP) is 5.24. The molecule has 2 aromatic carbocycles. The van der Waals surface area contributed by atoms with Gasteiger partial charge in [0.05, 0.1) is 0 Å². The average Bonchev–Trinajstić information content (AvgIpc) is 2.39. The van der Waals surface area contributed by atoms with Crippen molar-refractivity contribution in [2.75, 3.05) is 11.6 Å². The Balaban J connectivity index is 2.18. The molecule has 0 radical (unpaired) electrons. The van der Waals surface area contributed by atoms with E-state index in [1.54, 1.807) is 11.8 Å². The Hall–Kier alpha value is -1.12. The summed E-state index contributed by atoms with van der Waals surface area (Å²) in [4.78, 5) is 1.26. The van der Waals surface area contributed by atoms with Crippen LogP contribution in [0.3, 0.4) is 0 Å². The molecule has 2 aromatic rings. The first-order valence-electron chi connectivity index (χ1n) is 5.85. The van der Waals surface area contributed by atoms with E-state index < -0.39 is 0 Å². The van der Waals surface area contributed by atoms with Gasteiger partial charge in [-0.2, -0.15) is 0 Å². The Morgan fingerprint density at radius 3 is 2.61 bits per heavy atom. The van der Waals surface area contributed by atoms with Gasteiger partial charge in [0.2, 0.25) is 0 Å². The summed E-state index contributed by atoms with van der Waals surface area (Å²) in [5.41, 5.74) is 2.36. The molecule has 1 N–H and O–H groups in total. The zero-order valence-electron chi connectivity index (χ0n) is 10.5. The summed E-state index contributed by atoms with van der Waals surface area (Å²) in [6.45, 7) is 2.14. The van der Waals surface area contributed by atoms with Gasteiger partial charge in [0.1, 0.15) is 0 Å². The molecule has 1 unspecified atom stereocenters. The Kier molecular flexibility index (Phi) is 4.56. The van der Waals surface area contributed by atoms with E-state index in [1.807, 2.05) is 24.3 Å². The fourth-order valence-corrected chi connectivity index (χ4v) is 2.62. The number of nitrogens with one attached hydrogen (secondary N) is 1. The maximum atomic E-state index is 6.02. The maximum Gasteiger partial charge on any atom is 0.0486 e. The first-order valence-corrected chi connectivity index (χ1v) is 7.46. The lowest BCUT2D eigenvalue weighted by Crippen LogP contribution is -2.07. The standard InChI is InChI=1S/C15H16ClNS/c1-11(12-6-5-7-13(16)10-12)17-14-8-3-4-9-15(14)18-2/h3-11,17H,1-2H3. The number of thioether (sulfide) groups is 1. The van der Waals surface area contributed by atoms with Gasteiger partial charge in [0.15, 0.2) is 0 Å². The van der Waals surface area contributed by atoms with Crippen molar-refractivity contribution in [1.82, 2.24) is 0 Å². The van der Waals surface area contributed by atoms with Crippen LogP contribution < -0.4 is 5.32 Å². The molecule has 1 nitrogen and oxygen atoms in total. The molecule has 3 heteroatoms. The Morgan fingerprint density at radius 1 is 1.11 bits per heavy atom. The zero-order valence-corrected chi connectivity index (χ0v) is 12.1. The molecule has 0 bridgehead atoms. The highest BCUT2D eigenvalue weighted by molar-refractivity contribution is 7.98. The molecule has 0 aliphatic carbocycles. The summed E-state index contributed by atoms with van der Waals surface area (Å²) >= 11 is 7.77. The van der Waals surface area contributed by atoms with E-state index in [9.17, 15) is 0 Å². The topological polar surface area (TPSA) is 12.0 Å². The summed E-state index contributed by atoms with van der Waals surface area (Å²) in [5.74, 6) is 0. The van der Waals surface area contributed by atoms with E-state index in [2.05, 4.69) is 42.8 Å². The number of para-hydroxylation sites is 1. The second-order valence-electron chi connectivity index (χ2n) is 4.12. The molecular weight excluding hydrogens is 262 g/mol. The third-order valence-corrected chi connectivity index (χ3v) is 3.86. The molecule has 0 aromatic heterocycles. The monoisotopic (exact) mass is 277 g/mol. The lowest BCUT2D eigenvalue weighted by molar-refractivity contribution is 0.879. The number of hydrogen-bond donors (Lipinski definition) is 1. The normalized spacial score (nSPS) is 12.2. The highest BCUT2D eigenvalue weighted by Crippen LogP contribution is 2.28. The van der Waals surface area contributed by atoms with Gasteiger partial charge < -0.3 is 5.32 Å². The van der Waals surface area contributed by atoms with Gasteiger partial charge in [0.25, 0.3) is 0 Å². The SMILES string of the molecule is CSc1ccccc1NC(C)c1cccc(Cl)c1. The minimum Gasteiger partial charge on any atom is -0.378 e. The average molecular weight is 278 g/mol. The largest absolute Gasteiger partial charge is 0.378 e. The summed E-state index contributed by atoms with van der Waals surface area (Å²) < 4.78 is 0. The smallest absolute Gasteiger partial charge is 0.0486 e. The molecular formula is C15H16ClNS. The van der Waals surface area contributed by atoms with Gasteiger partial charge in [-0.05, 0) is 43.0 Å². The maximum absolute atomic E-state index is 6.02. The molecule has 94 valence electrons. The fraction of sp³-hybridized carbons (Fsp3) is 0.200. The minimum absolute atomic E-state index is 0.233. The van der Waals surface area contributed by atoms with Crippen LogP contribution in [-0.4, -0.2) is 6.26 Å². The third kappa shape index (κ3) is 3.21. The molecule has 0 saturated heterocycles. The molecule has 0 aliphatic heterocycles. The number of halogens is 1. The molecule has 0 amide bonds. The molecule has 0 aliphatic rings. The van der Waals surface area contributed by atoms with Gasteiger partial charge in [0, 0.05) is 21.6 Å². The zero-order chi connectivity index (χ0) is 13.0. The van der Waals surface area contributed by atoms with E-state index in [1.165, 1.54) is 10.5 Å². The quantitative estimate of drug-likeness (QED) is 0.768. The molecule has 18 heavy (non-hydrogen) atoms. The number of benzene rings is 2. The fourth-order valence-electron chi connectivity index (χ4n) is 1.86. The third-order valence-electron chi connectivity index (χ3n) is 2.83. The van der Waals surface area contributed by atoms with Crippen molar-refractivity contribution in [1.29, 1.82) is 0 Å². The molecule has 0 heterocycles. The van der Waals surface area contributed by atoms with Gasteiger partial charge in [-0.3, -0.25) is 0 Å². The van der Waals surface area contributed by atoms with Crippen molar-refractivity contribution in [2.45, 2.75) is 17.9 Å². The summed E-state index contributed by atoms with van der Waals surface area (Å²) in [5, 5.41) is 4.30. The van der Waals surface area contributed by atoms with Crippen molar-refractivity contribution in [3.05, 3.63) is 59.1 Å². The Morgan fingerprint density at radius 2 is 1.89 bits per heavy atom. The van der Waals surface area contributed by atoms with E-state index in [4.69, 9.17) is 11.6 Å². The van der Waals surface area contributed by atoms with Crippen molar-refractivity contribution >= 4 is 29.1 Å². The second kappa shape index (κ2) is 6.17. The first-order chi connectivity index (χ1) is 8.70. The van der Waals surface area contributed by atoms with Crippen LogP contribution in [-0.2, 0) is 0 Å². The minimum atomic E-state index is 0.233. The lowest BCUT2D eigenvalue weighted by atomic mass is 10.1. The number of hydrogen-bond acceptors (Lipinski definition) is 2. The van der Waals surface area contributed by atoms with E-state index in [0.717, 1.165) is 10.7 Å². The van der Waals surface area contributed by atoms with Crippen LogP contribution in [0.4, 0.5) is 5.69 Å². The highest BCUT2D eigenvalue weighted by atomic mass is 35.5. The van der Waals surface area contributed by atoms with E-state index >= 15 is 0 Å². The van der Waals surface area contributed by atoms with Crippen LogP contribution in [0.1, 0.15) is 18.5 Å². The van der Waals surface area contributed by atoms with Crippen LogP contribution in [0.2, 0.25) is 5.02 Å². The van der Waals surface area contributed by atoms with Crippen LogP contribution >= 0.6 is 23.4 Å². The molecule has 0 fully saturated rings. The second-order valence-corrected chi connectivity index (χ2v) is 5.41. The van der Waals surface area contributed by atoms with Crippen LogP contribution in [0.15, 0.2) is 53.4 Å². The Labute approximate surface area is 118 Å². The van der Waals surface area contributed by atoms with E-state index in [0.29, 0.717) is 0 Å². The van der Waals surface area contributed by atoms with Crippen LogP contribution in [0, 0.1) is 0 Å². The summed E-state index contributed by atoms with van der Waals surface area (Å²) in [7, 11) is 0. The number of anilines is 1. The van der Waals surface area contributed by atoms with Crippen molar-refractivity contribution in [3.63, 3.8) is 0 Å². The van der Waals surface area contributed by atoms with Gasteiger partial charge in [-0.25, -0.2) is 0 Å². The van der Waals surface area contributed by atoms with Crippen LogP contribution in [0.5, 0.6) is 0 Å². The summed E-state index contributed by atoms with van der Waals surface area (Å²) in [6, 6.07) is 16.5. The predicted molar refractivity (Wildman–Crippen MR) is 81.7 cm³/mol. The van der Waals surface area contributed by atoms with Crippen molar-refractivity contribution in [3.8, 4) is 0 Å². The van der Waals surface area contributed by atoms with Gasteiger partial charge in [-0.1, -0.05) is 35.9 Å². The first kappa shape index (κ1) is 13.3. The molecule has 0 saturated carbocycles.